The Bertz CT molecular complexity index is 834. The van der Waals surface area contributed by atoms with Crippen LogP contribution in [0.25, 0.3) is 21.8 Å². The molecule has 3 aromatic rings. The summed E-state index contributed by atoms with van der Waals surface area (Å²) in [6.07, 6.45) is 0. The number of nitrogens with one attached hydrogen (secondary N) is 1. The summed E-state index contributed by atoms with van der Waals surface area (Å²) in [5, 5.41) is 19.9. The molecule has 90 valence electrons. The van der Waals surface area contributed by atoms with Crippen molar-refractivity contribution >= 4 is 21.8 Å². The minimum Gasteiger partial charge on any atom is -0.508 e. The highest BCUT2D eigenvalue weighted by Crippen LogP contribution is 2.25. The molecule has 0 bridgehead atoms. The molecule has 3 N–H and O–H groups in total. The quantitative estimate of drug-likeness (QED) is 0.529. The summed E-state index contributed by atoms with van der Waals surface area (Å²) in [5.74, 6) is -0.0181. The van der Waals surface area contributed by atoms with Gasteiger partial charge in [0.1, 0.15) is 11.5 Å². The van der Waals surface area contributed by atoms with Crippen LogP contribution < -0.4 is 5.43 Å². The number of benzene rings is 2. The van der Waals surface area contributed by atoms with Gasteiger partial charge < -0.3 is 15.2 Å². The van der Waals surface area contributed by atoms with E-state index in [0.29, 0.717) is 16.4 Å². The number of aromatic hydroxyl groups is 2. The number of hydrogen-bond donors (Lipinski definition) is 3. The van der Waals surface area contributed by atoms with E-state index in [-0.39, 0.29) is 22.3 Å². The van der Waals surface area contributed by atoms with Crippen LogP contribution in [0.5, 0.6) is 11.5 Å². The second-order valence-electron chi connectivity index (χ2n) is 4.39. The third-order valence-corrected chi connectivity index (χ3v) is 3.01. The topological polar surface area (TPSA) is 73.3 Å². The first-order chi connectivity index (χ1) is 8.56. The van der Waals surface area contributed by atoms with E-state index in [2.05, 4.69) is 4.98 Å². The Kier molecular flexibility index (Phi) is 2.07. The molecule has 1 heterocycles. The summed E-state index contributed by atoms with van der Waals surface area (Å²) in [6.45, 7) is 1.85. The maximum Gasteiger partial charge on any atom is 0.201 e. The Balaban J connectivity index is 2.61. The van der Waals surface area contributed by atoms with E-state index in [4.69, 9.17) is 0 Å². The molecule has 18 heavy (non-hydrogen) atoms. The second kappa shape index (κ2) is 3.50. The highest BCUT2D eigenvalue weighted by molar-refractivity contribution is 5.96. The van der Waals surface area contributed by atoms with E-state index in [1.54, 1.807) is 12.1 Å². The summed E-state index contributed by atoms with van der Waals surface area (Å²) in [5.41, 5.74) is 1.81. The average molecular weight is 241 g/mol. The molecule has 2 aromatic carbocycles. The minimum atomic E-state index is -0.285. The van der Waals surface area contributed by atoms with Crippen molar-refractivity contribution in [1.82, 2.24) is 4.98 Å². The number of pyridine rings is 1. The summed E-state index contributed by atoms with van der Waals surface area (Å²) in [6, 6.07) is 7.91. The first kappa shape index (κ1) is 10.7. The van der Waals surface area contributed by atoms with Crippen LogP contribution in [0.4, 0.5) is 0 Å². The molecule has 0 aliphatic rings. The number of hydrogen-bond acceptors (Lipinski definition) is 3. The highest BCUT2D eigenvalue weighted by atomic mass is 16.3. The van der Waals surface area contributed by atoms with Crippen LogP contribution >= 0.6 is 0 Å². The molecule has 0 radical (unpaired) electrons. The van der Waals surface area contributed by atoms with Gasteiger partial charge in [-0.25, -0.2) is 0 Å². The van der Waals surface area contributed by atoms with Gasteiger partial charge in [0.25, 0.3) is 0 Å². The predicted octanol–water partition coefficient (Wildman–Crippen LogP) is 2.40. The first-order valence-electron chi connectivity index (χ1n) is 5.54. The van der Waals surface area contributed by atoms with Gasteiger partial charge in [-0.3, -0.25) is 4.79 Å². The Morgan fingerprint density at radius 3 is 2.61 bits per heavy atom. The Labute approximate surface area is 102 Å². The van der Waals surface area contributed by atoms with E-state index < -0.39 is 0 Å². The molecule has 1 aromatic heterocycles. The number of phenolic OH excluding ortho intramolecular Hbond substituents is 2. The van der Waals surface area contributed by atoms with Gasteiger partial charge in [0.15, 0.2) is 0 Å². The molecule has 3 rings (SSSR count). The van der Waals surface area contributed by atoms with Crippen LogP contribution in [0.1, 0.15) is 5.56 Å². The molecule has 0 spiro atoms. The highest BCUT2D eigenvalue weighted by Gasteiger charge is 2.10. The number of phenols is 2. The summed E-state index contributed by atoms with van der Waals surface area (Å²) >= 11 is 0. The largest absolute Gasteiger partial charge is 0.508 e. The minimum absolute atomic E-state index is 0.0268. The Morgan fingerprint density at radius 1 is 1.06 bits per heavy atom. The van der Waals surface area contributed by atoms with E-state index in [1.807, 2.05) is 13.0 Å². The third kappa shape index (κ3) is 1.43. The van der Waals surface area contributed by atoms with Crippen molar-refractivity contribution in [1.29, 1.82) is 0 Å². The van der Waals surface area contributed by atoms with Gasteiger partial charge in [0, 0.05) is 5.39 Å². The number of rotatable bonds is 0. The van der Waals surface area contributed by atoms with Crippen LogP contribution in [0.15, 0.2) is 35.1 Å². The maximum absolute atomic E-state index is 12.3. The van der Waals surface area contributed by atoms with Crippen LogP contribution in [0.2, 0.25) is 0 Å². The van der Waals surface area contributed by atoms with Crippen molar-refractivity contribution in [3.05, 3.63) is 46.1 Å². The van der Waals surface area contributed by atoms with Crippen molar-refractivity contribution in [3.8, 4) is 11.5 Å². The predicted molar refractivity (Wildman–Crippen MR) is 70.1 cm³/mol. The fraction of sp³-hybridized carbons (Fsp3) is 0.0714. The van der Waals surface area contributed by atoms with Gasteiger partial charge in [-0.05, 0) is 42.8 Å². The zero-order chi connectivity index (χ0) is 12.9. The summed E-state index contributed by atoms with van der Waals surface area (Å²) in [4.78, 5) is 15.4. The second-order valence-corrected chi connectivity index (χ2v) is 4.39. The molecule has 0 fully saturated rings. The van der Waals surface area contributed by atoms with Crippen molar-refractivity contribution in [2.24, 2.45) is 0 Å². The molecule has 4 heteroatoms. The SMILES string of the molecule is Cc1cc(O)c2c(=O)c3cc(O)ccc3[nH]c2c1. The van der Waals surface area contributed by atoms with Crippen LogP contribution in [-0.2, 0) is 0 Å². The third-order valence-electron chi connectivity index (χ3n) is 3.01. The molecule has 0 aliphatic carbocycles. The van der Waals surface area contributed by atoms with Gasteiger partial charge in [0.2, 0.25) is 5.43 Å². The summed E-state index contributed by atoms with van der Waals surface area (Å²) in [7, 11) is 0. The molecule has 0 aliphatic heterocycles. The fourth-order valence-electron chi connectivity index (χ4n) is 2.21. The molecule has 0 amide bonds. The number of aromatic nitrogens is 1. The van der Waals surface area contributed by atoms with Crippen molar-refractivity contribution in [2.75, 3.05) is 0 Å². The smallest absolute Gasteiger partial charge is 0.201 e. The van der Waals surface area contributed by atoms with Gasteiger partial charge in [0.05, 0.1) is 16.4 Å². The van der Waals surface area contributed by atoms with Crippen LogP contribution in [-0.4, -0.2) is 15.2 Å². The number of fused-ring (bicyclic) bond motifs is 2. The van der Waals surface area contributed by atoms with E-state index >= 15 is 0 Å². The van der Waals surface area contributed by atoms with Gasteiger partial charge in [-0.1, -0.05) is 0 Å². The number of aryl methyl sites for hydroxylation is 1. The lowest BCUT2D eigenvalue weighted by Gasteiger charge is -2.06. The monoisotopic (exact) mass is 241 g/mol. The molecule has 0 unspecified atom stereocenters. The molecule has 0 atom stereocenters. The van der Waals surface area contributed by atoms with E-state index in [0.717, 1.165) is 5.56 Å². The lowest BCUT2D eigenvalue weighted by molar-refractivity contribution is 0.476. The zero-order valence-electron chi connectivity index (χ0n) is 9.69. The van der Waals surface area contributed by atoms with Gasteiger partial charge in [-0.2, -0.15) is 0 Å². The zero-order valence-corrected chi connectivity index (χ0v) is 9.69. The van der Waals surface area contributed by atoms with Gasteiger partial charge in [-0.15, -0.1) is 0 Å². The standard InChI is InChI=1S/C14H11NO3/c1-7-4-11-13(12(17)5-7)14(18)9-6-8(16)2-3-10(9)15-11/h2-6,16-17H,1H3,(H,15,18). The van der Waals surface area contributed by atoms with Gasteiger partial charge >= 0.3 is 0 Å². The van der Waals surface area contributed by atoms with E-state index in [1.165, 1.54) is 12.1 Å². The van der Waals surface area contributed by atoms with Crippen molar-refractivity contribution < 1.29 is 10.2 Å². The molecular weight excluding hydrogens is 230 g/mol. The normalized spacial score (nSPS) is 11.2. The average Bonchev–Trinajstić information content (AvgIpc) is 2.29. The maximum atomic E-state index is 12.3. The molecule has 4 nitrogen and oxygen atoms in total. The molecule has 0 saturated carbocycles. The van der Waals surface area contributed by atoms with Crippen LogP contribution in [0, 0.1) is 6.92 Å². The lowest BCUT2D eigenvalue weighted by Crippen LogP contribution is -2.04. The Morgan fingerprint density at radius 2 is 1.83 bits per heavy atom. The number of aromatic amines is 1. The van der Waals surface area contributed by atoms with Crippen molar-refractivity contribution in [2.45, 2.75) is 6.92 Å². The molecule has 0 saturated heterocycles. The van der Waals surface area contributed by atoms with Crippen molar-refractivity contribution in [3.63, 3.8) is 0 Å². The fourth-order valence-corrected chi connectivity index (χ4v) is 2.21. The molecular formula is C14H11NO3. The Hall–Kier alpha value is -2.49. The summed E-state index contributed by atoms with van der Waals surface area (Å²) < 4.78 is 0. The van der Waals surface area contributed by atoms with Crippen LogP contribution in [0.3, 0.4) is 0 Å². The number of H-pyrrole nitrogens is 1. The van der Waals surface area contributed by atoms with E-state index in [9.17, 15) is 15.0 Å². The first-order valence-corrected chi connectivity index (χ1v) is 5.54. The lowest BCUT2D eigenvalue weighted by atomic mass is 10.1.